The highest BCUT2D eigenvalue weighted by atomic mass is 16.2. The van der Waals surface area contributed by atoms with Crippen molar-refractivity contribution in [1.29, 1.82) is 0 Å². The van der Waals surface area contributed by atoms with Crippen molar-refractivity contribution in [2.45, 2.75) is 45.2 Å². The summed E-state index contributed by atoms with van der Waals surface area (Å²) in [7, 11) is 0. The fourth-order valence-corrected chi connectivity index (χ4v) is 4.12. The lowest BCUT2D eigenvalue weighted by Crippen LogP contribution is -2.60. The molecule has 1 N–H and O–H groups in total. The van der Waals surface area contributed by atoms with E-state index in [2.05, 4.69) is 29.3 Å². The Labute approximate surface area is 160 Å². The van der Waals surface area contributed by atoms with Gasteiger partial charge in [0, 0.05) is 11.7 Å². The van der Waals surface area contributed by atoms with Crippen molar-refractivity contribution in [2.75, 3.05) is 21.7 Å². The Balaban J connectivity index is 1.70. The monoisotopic (exact) mass is 363 g/mol. The number of benzene rings is 2. The van der Waals surface area contributed by atoms with Crippen LogP contribution in [-0.4, -0.2) is 29.9 Å². The van der Waals surface area contributed by atoms with Gasteiger partial charge in [0.1, 0.15) is 5.54 Å². The first kappa shape index (κ1) is 17.6. The number of hydrogen-bond donors (Lipinski definition) is 1. The zero-order valence-corrected chi connectivity index (χ0v) is 16.0. The summed E-state index contributed by atoms with van der Waals surface area (Å²) in [5.74, 6) is -0.229. The number of fused-ring (bicyclic) bond motifs is 2. The van der Waals surface area contributed by atoms with Crippen molar-refractivity contribution < 1.29 is 9.59 Å². The van der Waals surface area contributed by atoms with E-state index in [1.807, 2.05) is 36.4 Å². The molecule has 5 heteroatoms. The first-order chi connectivity index (χ1) is 12.9. The average molecular weight is 363 g/mol. The van der Waals surface area contributed by atoms with Gasteiger partial charge in [-0.25, -0.2) is 0 Å². The summed E-state index contributed by atoms with van der Waals surface area (Å²) < 4.78 is 0. The first-order valence-corrected chi connectivity index (χ1v) is 9.47. The van der Waals surface area contributed by atoms with Crippen molar-refractivity contribution in [2.24, 2.45) is 0 Å². The van der Waals surface area contributed by atoms with Crippen molar-refractivity contribution in [3.63, 3.8) is 0 Å². The lowest BCUT2D eigenvalue weighted by atomic mass is 9.94. The molecule has 2 aliphatic rings. The number of aryl methyl sites for hydroxylation is 1. The van der Waals surface area contributed by atoms with E-state index in [0.29, 0.717) is 5.69 Å². The van der Waals surface area contributed by atoms with Crippen LogP contribution in [0.15, 0.2) is 48.5 Å². The molecular weight excluding hydrogens is 338 g/mol. The van der Waals surface area contributed by atoms with Crippen LogP contribution in [0.1, 0.15) is 32.8 Å². The molecule has 0 unspecified atom stereocenters. The molecule has 1 atom stereocenters. The van der Waals surface area contributed by atoms with E-state index in [0.717, 1.165) is 24.2 Å². The largest absolute Gasteiger partial charge is 0.359 e. The zero-order valence-electron chi connectivity index (χ0n) is 16.0. The Morgan fingerprint density at radius 1 is 1.11 bits per heavy atom. The highest BCUT2D eigenvalue weighted by Crippen LogP contribution is 2.37. The van der Waals surface area contributed by atoms with Crippen LogP contribution in [0.3, 0.4) is 0 Å². The van der Waals surface area contributed by atoms with Crippen molar-refractivity contribution in [3.05, 3.63) is 54.1 Å². The van der Waals surface area contributed by atoms with Gasteiger partial charge in [0.05, 0.1) is 17.9 Å². The number of para-hydroxylation sites is 3. The minimum absolute atomic E-state index is 0.0640. The van der Waals surface area contributed by atoms with Crippen LogP contribution in [0, 0.1) is 0 Å². The fraction of sp³-hybridized carbons (Fsp3) is 0.364. The summed E-state index contributed by atoms with van der Waals surface area (Å²) >= 11 is 0. The first-order valence-electron chi connectivity index (χ1n) is 9.47. The summed E-state index contributed by atoms with van der Waals surface area (Å²) in [5.41, 5.74) is 2.90. The second-order valence-corrected chi connectivity index (χ2v) is 7.90. The number of rotatable bonds is 2. The van der Waals surface area contributed by atoms with E-state index in [9.17, 15) is 9.59 Å². The number of nitrogens with zero attached hydrogens (tertiary/aromatic N) is 2. The van der Waals surface area contributed by atoms with Crippen LogP contribution in [-0.2, 0) is 16.0 Å². The summed E-state index contributed by atoms with van der Waals surface area (Å²) in [6.07, 6.45) is 2.05. The Bertz CT molecular complexity index is 906. The molecule has 2 aromatic rings. The second kappa shape index (κ2) is 6.41. The highest BCUT2D eigenvalue weighted by Gasteiger charge is 2.44. The van der Waals surface area contributed by atoms with Crippen molar-refractivity contribution >= 4 is 28.9 Å². The molecule has 0 fully saturated rings. The van der Waals surface area contributed by atoms with Gasteiger partial charge < -0.3 is 10.2 Å². The van der Waals surface area contributed by atoms with E-state index in [4.69, 9.17) is 0 Å². The van der Waals surface area contributed by atoms with Crippen LogP contribution < -0.4 is 15.1 Å². The molecule has 5 nitrogen and oxygen atoms in total. The molecule has 0 aliphatic carbocycles. The van der Waals surface area contributed by atoms with Crippen LogP contribution in [0.5, 0.6) is 0 Å². The van der Waals surface area contributed by atoms with Crippen LogP contribution in [0.25, 0.3) is 0 Å². The average Bonchev–Trinajstić information content (AvgIpc) is 2.65. The SMILES string of the molecule is C[C@@H]1CCc2ccccc2N1CC(=O)N1c2ccccc2NC(=O)C1(C)C. The van der Waals surface area contributed by atoms with Gasteiger partial charge in [0.25, 0.3) is 0 Å². The Kier molecular flexibility index (Phi) is 4.17. The molecule has 2 aliphatic heterocycles. The van der Waals surface area contributed by atoms with Crippen molar-refractivity contribution in [1.82, 2.24) is 0 Å². The zero-order chi connectivity index (χ0) is 19.2. The molecule has 0 bridgehead atoms. The third-order valence-corrected chi connectivity index (χ3v) is 5.73. The van der Waals surface area contributed by atoms with Gasteiger partial charge in [0.15, 0.2) is 0 Å². The van der Waals surface area contributed by atoms with Gasteiger partial charge in [0.2, 0.25) is 11.8 Å². The molecule has 140 valence electrons. The van der Waals surface area contributed by atoms with Crippen LogP contribution in [0.2, 0.25) is 0 Å². The molecule has 2 amide bonds. The second-order valence-electron chi connectivity index (χ2n) is 7.90. The minimum atomic E-state index is -0.940. The molecule has 0 spiro atoms. The third-order valence-electron chi connectivity index (χ3n) is 5.73. The Morgan fingerprint density at radius 2 is 1.78 bits per heavy atom. The molecule has 0 saturated heterocycles. The molecule has 2 heterocycles. The molecule has 0 radical (unpaired) electrons. The number of carbonyl (C=O) groups excluding carboxylic acids is 2. The summed E-state index contributed by atoms with van der Waals surface area (Å²) in [6, 6.07) is 16.0. The quantitative estimate of drug-likeness (QED) is 0.887. The molecular formula is C22H25N3O2. The summed E-state index contributed by atoms with van der Waals surface area (Å²) in [5, 5.41) is 2.92. The normalized spacial score (nSPS) is 20.6. The summed E-state index contributed by atoms with van der Waals surface area (Å²) in [6.45, 7) is 6.00. The van der Waals surface area contributed by atoms with Crippen LogP contribution >= 0.6 is 0 Å². The number of carbonyl (C=O) groups is 2. The number of nitrogens with one attached hydrogen (secondary N) is 1. The number of hydrogen-bond acceptors (Lipinski definition) is 3. The highest BCUT2D eigenvalue weighted by molar-refractivity contribution is 6.14. The Morgan fingerprint density at radius 3 is 2.56 bits per heavy atom. The smallest absolute Gasteiger partial charge is 0.250 e. The van der Waals surface area contributed by atoms with Gasteiger partial charge in [-0.3, -0.25) is 14.5 Å². The molecule has 2 aromatic carbocycles. The topological polar surface area (TPSA) is 52.7 Å². The molecule has 27 heavy (non-hydrogen) atoms. The summed E-state index contributed by atoms with van der Waals surface area (Å²) in [4.78, 5) is 29.9. The maximum Gasteiger partial charge on any atom is 0.250 e. The van der Waals surface area contributed by atoms with Gasteiger partial charge >= 0.3 is 0 Å². The molecule has 0 aromatic heterocycles. The predicted molar refractivity (Wildman–Crippen MR) is 108 cm³/mol. The maximum atomic E-state index is 13.4. The van der Waals surface area contributed by atoms with Gasteiger partial charge in [-0.15, -0.1) is 0 Å². The lowest BCUT2D eigenvalue weighted by Gasteiger charge is -2.44. The van der Waals surface area contributed by atoms with E-state index in [1.165, 1.54) is 5.56 Å². The van der Waals surface area contributed by atoms with Crippen LogP contribution in [0.4, 0.5) is 17.1 Å². The maximum absolute atomic E-state index is 13.4. The van der Waals surface area contributed by atoms with Crippen molar-refractivity contribution in [3.8, 4) is 0 Å². The van der Waals surface area contributed by atoms with Gasteiger partial charge in [-0.05, 0) is 57.4 Å². The molecule has 0 saturated carbocycles. The Hall–Kier alpha value is -2.82. The number of amides is 2. The van der Waals surface area contributed by atoms with E-state index < -0.39 is 5.54 Å². The van der Waals surface area contributed by atoms with Gasteiger partial charge in [-0.1, -0.05) is 30.3 Å². The minimum Gasteiger partial charge on any atom is -0.359 e. The van der Waals surface area contributed by atoms with E-state index in [1.54, 1.807) is 18.7 Å². The molecule has 4 rings (SSSR count). The van der Waals surface area contributed by atoms with E-state index >= 15 is 0 Å². The standard InChI is InChI=1S/C22H25N3O2/c1-15-12-13-16-8-4-6-10-18(16)24(15)14-20(26)25-19-11-7-5-9-17(19)23-21(27)22(25,2)3/h4-11,15H,12-14H2,1-3H3,(H,23,27)/t15-/m1/s1. The van der Waals surface area contributed by atoms with E-state index in [-0.39, 0.29) is 24.4 Å². The fourth-order valence-electron chi connectivity index (χ4n) is 4.12. The lowest BCUT2D eigenvalue weighted by molar-refractivity contribution is -0.126. The number of anilines is 3. The van der Waals surface area contributed by atoms with Gasteiger partial charge in [-0.2, -0.15) is 0 Å². The third kappa shape index (κ3) is 2.87. The predicted octanol–water partition coefficient (Wildman–Crippen LogP) is 3.59.